The van der Waals surface area contributed by atoms with Gasteiger partial charge in [0.05, 0.1) is 11.9 Å². The zero-order valence-electron chi connectivity index (χ0n) is 21.4. The average Bonchev–Trinajstić information content (AvgIpc) is 3.45. The Balaban J connectivity index is 1.21. The summed E-state index contributed by atoms with van der Waals surface area (Å²) in [4.78, 5) is 36.7. The summed E-state index contributed by atoms with van der Waals surface area (Å²) < 4.78 is 46.0. The van der Waals surface area contributed by atoms with Gasteiger partial charge >= 0.3 is 6.18 Å². The molecule has 1 fully saturated rings. The van der Waals surface area contributed by atoms with Crippen LogP contribution < -0.4 is 10.2 Å². The zero-order chi connectivity index (χ0) is 29.1. The van der Waals surface area contributed by atoms with Crippen molar-refractivity contribution in [3.05, 3.63) is 89.9 Å². The fourth-order valence-corrected chi connectivity index (χ4v) is 4.33. The molecule has 4 aromatic rings. The number of oxazole rings is 1. The Morgan fingerprint density at radius 1 is 0.951 bits per heavy atom. The minimum atomic E-state index is -4.91. The van der Waals surface area contributed by atoms with E-state index in [0.29, 0.717) is 43.1 Å². The normalized spacial score (nSPS) is 14.5. The number of aromatic nitrogens is 2. The third kappa shape index (κ3) is 6.14. The summed E-state index contributed by atoms with van der Waals surface area (Å²) in [5.41, 5.74) is -0.616. The molecule has 1 saturated heterocycles. The lowest BCUT2D eigenvalue weighted by molar-refractivity contribution is -0.142. The molecule has 10 nitrogen and oxygen atoms in total. The Morgan fingerprint density at radius 2 is 1.63 bits per heavy atom. The topological polar surface area (TPSA) is 132 Å². The maximum atomic E-state index is 13.6. The summed E-state index contributed by atoms with van der Waals surface area (Å²) in [6.07, 6.45) is -4.95. The Bertz CT molecular complexity index is 1520. The molecule has 2 amide bonds. The van der Waals surface area contributed by atoms with E-state index >= 15 is 0 Å². The van der Waals surface area contributed by atoms with Crippen LogP contribution in [0.1, 0.15) is 27.9 Å². The molecular weight excluding hydrogens is 543 g/mol. The summed E-state index contributed by atoms with van der Waals surface area (Å²) in [6.45, 7) is 1.48. The van der Waals surface area contributed by atoms with E-state index in [9.17, 15) is 33.0 Å². The van der Waals surface area contributed by atoms with E-state index in [1.165, 1.54) is 53.6 Å². The summed E-state index contributed by atoms with van der Waals surface area (Å²) in [5, 5.41) is 22.2. The van der Waals surface area contributed by atoms with Crippen LogP contribution in [0.15, 0.2) is 77.3 Å². The molecule has 13 heteroatoms. The Morgan fingerprint density at radius 3 is 2.24 bits per heavy atom. The van der Waals surface area contributed by atoms with Crippen LogP contribution in [0.4, 0.5) is 24.7 Å². The van der Waals surface area contributed by atoms with Crippen molar-refractivity contribution in [3.8, 4) is 17.2 Å². The van der Waals surface area contributed by atoms with E-state index in [1.807, 2.05) is 4.90 Å². The molecule has 41 heavy (non-hydrogen) atoms. The van der Waals surface area contributed by atoms with E-state index in [0.717, 1.165) is 0 Å². The largest absolute Gasteiger partial charge is 0.508 e. The van der Waals surface area contributed by atoms with Crippen LogP contribution >= 0.6 is 0 Å². The number of nitrogens with zero attached hydrogens (tertiary/aromatic N) is 4. The highest BCUT2D eigenvalue weighted by Crippen LogP contribution is 2.35. The molecule has 2 aromatic heterocycles. The SMILES string of the molecule is O=C(Nc1ccc(N2CCN(C(=O)C(O)c3ccc(O)cc3)CC2)nc1)c1oc(-c2ccccc2)nc1C(F)(F)F. The van der Waals surface area contributed by atoms with Gasteiger partial charge in [-0.05, 0) is 42.0 Å². The number of aliphatic hydroxyl groups excluding tert-OH is 1. The first-order valence-electron chi connectivity index (χ1n) is 12.5. The summed E-state index contributed by atoms with van der Waals surface area (Å²) in [5.74, 6) is -2.30. The Kier molecular flexibility index (Phi) is 7.62. The van der Waals surface area contributed by atoms with Gasteiger partial charge in [0.25, 0.3) is 11.8 Å². The maximum Gasteiger partial charge on any atom is 0.437 e. The van der Waals surface area contributed by atoms with Crippen molar-refractivity contribution < 1.29 is 37.4 Å². The predicted octanol–water partition coefficient (Wildman–Crippen LogP) is 4.10. The van der Waals surface area contributed by atoms with Crippen LogP contribution in [0.3, 0.4) is 0 Å². The van der Waals surface area contributed by atoms with Crippen molar-refractivity contribution in [1.82, 2.24) is 14.9 Å². The molecule has 3 N–H and O–H groups in total. The molecule has 1 aliphatic rings. The summed E-state index contributed by atoms with van der Waals surface area (Å²) in [7, 11) is 0. The molecular formula is C28H24F3N5O5. The number of hydrogen-bond acceptors (Lipinski definition) is 8. The van der Waals surface area contributed by atoms with Gasteiger partial charge in [-0.1, -0.05) is 30.3 Å². The molecule has 0 bridgehead atoms. The molecule has 5 rings (SSSR count). The second kappa shape index (κ2) is 11.3. The molecule has 1 aliphatic heterocycles. The molecule has 0 saturated carbocycles. The lowest BCUT2D eigenvalue weighted by Crippen LogP contribution is -2.50. The molecule has 1 atom stereocenters. The number of rotatable bonds is 6. The Labute approximate surface area is 231 Å². The number of phenols is 1. The van der Waals surface area contributed by atoms with Gasteiger partial charge in [-0.25, -0.2) is 9.97 Å². The lowest BCUT2D eigenvalue weighted by atomic mass is 10.1. The van der Waals surface area contributed by atoms with Gasteiger partial charge in [0.2, 0.25) is 11.7 Å². The molecule has 212 valence electrons. The number of halogens is 3. The van der Waals surface area contributed by atoms with Crippen molar-refractivity contribution in [2.24, 2.45) is 0 Å². The summed E-state index contributed by atoms with van der Waals surface area (Å²) in [6, 6.07) is 16.8. The monoisotopic (exact) mass is 567 g/mol. The van der Waals surface area contributed by atoms with Crippen molar-refractivity contribution in [2.45, 2.75) is 12.3 Å². The standard InChI is InChI=1S/C28H24F3N5O5/c29-28(30,31)24-23(41-26(34-24)18-4-2-1-3-5-18)25(39)33-19-8-11-21(32-16-19)35-12-14-36(15-13-35)27(40)22(38)17-6-9-20(37)10-7-17/h1-11,16,22,37-38H,12-15H2,(H,33,39). The number of hydrogen-bond donors (Lipinski definition) is 3. The van der Waals surface area contributed by atoms with E-state index in [4.69, 9.17) is 4.42 Å². The van der Waals surface area contributed by atoms with Crippen LogP contribution in [-0.4, -0.2) is 63.1 Å². The average molecular weight is 568 g/mol. The molecule has 3 heterocycles. The maximum absolute atomic E-state index is 13.6. The van der Waals surface area contributed by atoms with Gasteiger partial charge in [0.15, 0.2) is 11.8 Å². The number of nitrogens with one attached hydrogen (secondary N) is 1. The fourth-order valence-electron chi connectivity index (χ4n) is 4.33. The van der Waals surface area contributed by atoms with Crippen LogP contribution in [0.25, 0.3) is 11.5 Å². The minimum absolute atomic E-state index is 0.0290. The van der Waals surface area contributed by atoms with Gasteiger partial charge in [-0.15, -0.1) is 0 Å². The van der Waals surface area contributed by atoms with Crippen LogP contribution in [0.2, 0.25) is 0 Å². The molecule has 0 aliphatic carbocycles. The number of carbonyl (C=O) groups excluding carboxylic acids is 2. The first-order valence-corrected chi connectivity index (χ1v) is 12.5. The Hall–Kier alpha value is -4.91. The fraction of sp³-hybridized carbons (Fsp3) is 0.214. The second-order valence-corrected chi connectivity index (χ2v) is 9.23. The van der Waals surface area contributed by atoms with Crippen molar-refractivity contribution in [2.75, 3.05) is 36.4 Å². The van der Waals surface area contributed by atoms with E-state index in [2.05, 4.69) is 15.3 Å². The highest BCUT2D eigenvalue weighted by atomic mass is 19.4. The number of carbonyl (C=O) groups is 2. The smallest absolute Gasteiger partial charge is 0.437 e. The van der Waals surface area contributed by atoms with E-state index in [-0.39, 0.29) is 17.3 Å². The number of phenolic OH excluding ortho intramolecular Hbond substituents is 1. The van der Waals surface area contributed by atoms with Gasteiger partial charge in [-0.2, -0.15) is 13.2 Å². The van der Waals surface area contributed by atoms with Crippen molar-refractivity contribution in [3.63, 3.8) is 0 Å². The second-order valence-electron chi connectivity index (χ2n) is 9.23. The van der Waals surface area contributed by atoms with E-state index in [1.54, 1.807) is 24.3 Å². The highest BCUT2D eigenvalue weighted by Gasteiger charge is 2.41. The number of pyridine rings is 1. The first-order chi connectivity index (χ1) is 19.6. The van der Waals surface area contributed by atoms with Crippen molar-refractivity contribution >= 4 is 23.3 Å². The quantitative estimate of drug-likeness (QED) is 0.318. The number of anilines is 2. The lowest BCUT2D eigenvalue weighted by Gasteiger charge is -2.36. The van der Waals surface area contributed by atoms with Gasteiger partial charge in [0.1, 0.15) is 11.6 Å². The van der Waals surface area contributed by atoms with Crippen LogP contribution in [-0.2, 0) is 11.0 Å². The molecule has 2 aromatic carbocycles. The van der Waals surface area contributed by atoms with Crippen LogP contribution in [0.5, 0.6) is 5.75 Å². The first kappa shape index (κ1) is 27.6. The van der Waals surface area contributed by atoms with Crippen molar-refractivity contribution in [1.29, 1.82) is 0 Å². The third-order valence-corrected chi connectivity index (χ3v) is 6.49. The molecule has 1 unspecified atom stereocenters. The number of aliphatic hydroxyl groups is 1. The summed E-state index contributed by atoms with van der Waals surface area (Å²) >= 11 is 0. The number of piperazine rings is 1. The van der Waals surface area contributed by atoms with E-state index < -0.39 is 35.5 Å². The van der Waals surface area contributed by atoms with Crippen LogP contribution in [0, 0.1) is 0 Å². The molecule has 0 radical (unpaired) electrons. The highest BCUT2D eigenvalue weighted by molar-refractivity contribution is 6.03. The number of alkyl halides is 3. The van der Waals surface area contributed by atoms with Gasteiger partial charge < -0.3 is 29.7 Å². The number of amides is 2. The van der Waals surface area contributed by atoms with Gasteiger partial charge in [0, 0.05) is 31.7 Å². The van der Waals surface area contributed by atoms with Gasteiger partial charge in [-0.3, -0.25) is 9.59 Å². The zero-order valence-corrected chi connectivity index (χ0v) is 21.4. The molecule has 0 spiro atoms. The number of aromatic hydroxyl groups is 1. The predicted molar refractivity (Wildman–Crippen MR) is 141 cm³/mol. The third-order valence-electron chi connectivity index (χ3n) is 6.49. The minimum Gasteiger partial charge on any atom is -0.508 e. The number of benzene rings is 2.